The third kappa shape index (κ3) is 9.53. The number of benzene rings is 1. The van der Waals surface area contributed by atoms with Crippen LogP contribution in [0, 0.1) is 10.1 Å². The molecule has 9 nitrogen and oxygen atoms in total. The topological polar surface area (TPSA) is 118 Å². The molecule has 1 amide bonds. The number of carbonyl (C=O) groups excluding carboxylic acids is 1. The van der Waals surface area contributed by atoms with Gasteiger partial charge in [0, 0.05) is 37.8 Å². The Balaban J connectivity index is 1.61. The van der Waals surface area contributed by atoms with E-state index in [1.165, 1.54) is 0 Å². The lowest BCUT2D eigenvalue weighted by Crippen LogP contribution is -2.48. The van der Waals surface area contributed by atoms with Crippen molar-refractivity contribution in [2.45, 2.75) is 83.4 Å². The summed E-state index contributed by atoms with van der Waals surface area (Å²) in [5.74, 6) is 0.795. The van der Waals surface area contributed by atoms with Crippen molar-refractivity contribution >= 4 is 17.7 Å². The van der Waals surface area contributed by atoms with Crippen molar-refractivity contribution < 1.29 is 14.5 Å². The highest BCUT2D eigenvalue weighted by atomic mass is 16.6. The van der Waals surface area contributed by atoms with Crippen molar-refractivity contribution in [3.05, 3.63) is 39.9 Å². The molecular weight excluding hydrogens is 410 g/mol. The number of rotatable bonds is 8. The first-order valence-electron chi connectivity index (χ1n) is 11.4. The number of hydrogen-bond donors (Lipinski definition) is 3. The molecule has 0 saturated heterocycles. The Morgan fingerprint density at radius 1 is 1.09 bits per heavy atom. The minimum Gasteiger partial charge on any atom is -0.444 e. The Morgan fingerprint density at radius 2 is 1.69 bits per heavy atom. The highest BCUT2D eigenvalue weighted by Crippen LogP contribution is 2.19. The van der Waals surface area contributed by atoms with Gasteiger partial charge in [0.1, 0.15) is 5.60 Å². The lowest BCUT2D eigenvalue weighted by molar-refractivity contribution is -0.384. The second-order valence-electron chi connectivity index (χ2n) is 9.22. The van der Waals surface area contributed by atoms with Crippen LogP contribution in [0.3, 0.4) is 0 Å². The van der Waals surface area contributed by atoms with E-state index >= 15 is 0 Å². The van der Waals surface area contributed by atoms with Crippen molar-refractivity contribution in [3.63, 3.8) is 0 Å². The summed E-state index contributed by atoms with van der Waals surface area (Å²) in [6, 6.07) is 7.23. The van der Waals surface area contributed by atoms with Gasteiger partial charge in [0.25, 0.3) is 5.69 Å². The van der Waals surface area contributed by atoms with Crippen molar-refractivity contribution in [1.29, 1.82) is 0 Å². The molecule has 1 saturated carbocycles. The molecule has 0 atom stereocenters. The van der Waals surface area contributed by atoms with E-state index in [0.717, 1.165) is 63.0 Å². The summed E-state index contributed by atoms with van der Waals surface area (Å²) >= 11 is 0. The fraction of sp³-hybridized carbons (Fsp3) is 0.652. The van der Waals surface area contributed by atoms with Gasteiger partial charge in [0.05, 0.1) is 4.92 Å². The molecule has 9 heteroatoms. The van der Waals surface area contributed by atoms with E-state index < -0.39 is 5.60 Å². The average molecular weight is 448 g/mol. The Kier molecular flexibility index (Phi) is 9.74. The second-order valence-corrected chi connectivity index (χ2v) is 9.22. The van der Waals surface area contributed by atoms with Crippen LogP contribution in [0.4, 0.5) is 10.5 Å². The molecule has 1 aromatic carbocycles. The Bertz CT molecular complexity index is 766. The largest absolute Gasteiger partial charge is 0.444 e. The number of carbonyl (C=O) groups is 1. The number of nitro groups is 1. The summed E-state index contributed by atoms with van der Waals surface area (Å²) in [5.41, 5.74) is 0.748. The minimum absolute atomic E-state index is 0.125. The molecule has 1 aromatic rings. The molecule has 0 spiro atoms. The zero-order valence-electron chi connectivity index (χ0n) is 19.6. The smallest absolute Gasteiger partial charge is 0.407 e. The predicted octanol–water partition coefficient (Wildman–Crippen LogP) is 3.92. The van der Waals surface area contributed by atoms with E-state index in [9.17, 15) is 14.9 Å². The monoisotopic (exact) mass is 447 g/mol. The number of nitrogens with zero attached hydrogens (tertiary/aromatic N) is 2. The van der Waals surface area contributed by atoms with Gasteiger partial charge >= 0.3 is 6.09 Å². The van der Waals surface area contributed by atoms with Crippen molar-refractivity contribution in [1.82, 2.24) is 16.0 Å². The van der Waals surface area contributed by atoms with Crippen LogP contribution in [-0.4, -0.2) is 48.3 Å². The van der Waals surface area contributed by atoms with Gasteiger partial charge < -0.3 is 20.7 Å². The Morgan fingerprint density at radius 3 is 2.22 bits per heavy atom. The maximum absolute atomic E-state index is 11.9. The van der Waals surface area contributed by atoms with Gasteiger partial charge in [-0.2, -0.15) is 0 Å². The van der Waals surface area contributed by atoms with Crippen LogP contribution in [0.25, 0.3) is 0 Å². The van der Waals surface area contributed by atoms with Crippen LogP contribution in [0.15, 0.2) is 29.3 Å². The number of non-ortho nitro benzene ring substituents is 1. The van der Waals surface area contributed by atoms with Gasteiger partial charge in [-0.1, -0.05) is 12.1 Å². The number of aryl methyl sites for hydroxylation is 1. The maximum atomic E-state index is 11.9. The lowest BCUT2D eigenvalue weighted by Gasteiger charge is -2.31. The van der Waals surface area contributed by atoms with Crippen molar-refractivity contribution in [3.8, 4) is 0 Å². The van der Waals surface area contributed by atoms with Gasteiger partial charge in [0.15, 0.2) is 5.96 Å². The van der Waals surface area contributed by atoms with Crippen LogP contribution < -0.4 is 16.0 Å². The number of unbranched alkanes of at least 4 members (excludes halogenated alkanes) is 1. The SMILES string of the molecule is CN=C(NCCCCc1ccc([N+](=O)[O-])cc1)NC1CCC(NC(=O)OC(C)(C)C)CC1. The summed E-state index contributed by atoms with van der Waals surface area (Å²) in [4.78, 5) is 26.6. The summed E-state index contributed by atoms with van der Waals surface area (Å²) in [5, 5.41) is 20.5. The normalized spacial score (nSPS) is 19.2. The number of guanidine groups is 1. The molecule has 1 aliphatic carbocycles. The van der Waals surface area contributed by atoms with Gasteiger partial charge in [0.2, 0.25) is 0 Å². The van der Waals surface area contributed by atoms with E-state index in [4.69, 9.17) is 4.74 Å². The molecule has 0 unspecified atom stereocenters. The van der Waals surface area contributed by atoms with Gasteiger partial charge in [-0.3, -0.25) is 15.1 Å². The van der Waals surface area contributed by atoms with Crippen LogP contribution in [0.2, 0.25) is 0 Å². The van der Waals surface area contributed by atoms with E-state index in [0.29, 0.717) is 6.04 Å². The zero-order chi connectivity index (χ0) is 23.6. The number of amides is 1. The first-order valence-corrected chi connectivity index (χ1v) is 11.4. The quantitative estimate of drug-likeness (QED) is 0.183. The lowest BCUT2D eigenvalue weighted by atomic mass is 9.91. The third-order valence-electron chi connectivity index (χ3n) is 5.34. The maximum Gasteiger partial charge on any atom is 0.407 e. The van der Waals surface area contributed by atoms with Gasteiger partial charge in [-0.05, 0) is 71.3 Å². The fourth-order valence-electron chi connectivity index (χ4n) is 3.69. The Labute approximate surface area is 190 Å². The van der Waals surface area contributed by atoms with Crippen molar-refractivity contribution in [2.75, 3.05) is 13.6 Å². The van der Waals surface area contributed by atoms with Crippen LogP contribution in [-0.2, 0) is 11.2 Å². The van der Waals surface area contributed by atoms with Crippen LogP contribution in [0.5, 0.6) is 0 Å². The molecule has 0 bridgehead atoms. The number of ether oxygens (including phenoxy) is 1. The summed E-state index contributed by atoms with van der Waals surface area (Å²) in [7, 11) is 1.77. The van der Waals surface area contributed by atoms with Crippen molar-refractivity contribution in [2.24, 2.45) is 4.99 Å². The van der Waals surface area contributed by atoms with Crippen LogP contribution >= 0.6 is 0 Å². The third-order valence-corrected chi connectivity index (χ3v) is 5.34. The molecule has 1 fully saturated rings. The first kappa shape index (κ1) is 25.4. The fourth-order valence-corrected chi connectivity index (χ4v) is 3.69. The number of nitrogens with one attached hydrogen (secondary N) is 3. The number of alkyl carbamates (subject to hydrolysis) is 1. The summed E-state index contributed by atoms with van der Waals surface area (Å²) < 4.78 is 5.33. The number of hydrogen-bond acceptors (Lipinski definition) is 5. The van der Waals surface area contributed by atoms with Gasteiger partial charge in [-0.25, -0.2) is 4.79 Å². The standard InChI is InChI=1S/C23H37N5O4/c1-23(2,3)32-22(29)27-19-12-10-18(11-13-19)26-21(24-4)25-16-6-5-7-17-8-14-20(15-9-17)28(30)31/h8-9,14-15,18-19H,5-7,10-13,16H2,1-4H3,(H,27,29)(H2,24,25,26). The zero-order valence-corrected chi connectivity index (χ0v) is 19.6. The van der Waals surface area contributed by atoms with Crippen LogP contribution in [0.1, 0.15) is 64.9 Å². The molecular formula is C23H37N5O4. The van der Waals surface area contributed by atoms with E-state index in [2.05, 4.69) is 20.9 Å². The van der Waals surface area contributed by atoms with E-state index in [-0.39, 0.29) is 22.7 Å². The predicted molar refractivity (Wildman–Crippen MR) is 126 cm³/mol. The van der Waals surface area contributed by atoms with E-state index in [1.54, 1.807) is 19.2 Å². The van der Waals surface area contributed by atoms with E-state index in [1.807, 2.05) is 32.9 Å². The highest BCUT2D eigenvalue weighted by Gasteiger charge is 2.25. The molecule has 32 heavy (non-hydrogen) atoms. The summed E-state index contributed by atoms with van der Waals surface area (Å²) in [6.45, 7) is 6.40. The molecule has 1 aliphatic rings. The average Bonchev–Trinajstić information content (AvgIpc) is 2.73. The molecule has 178 valence electrons. The highest BCUT2D eigenvalue weighted by molar-refractivity contribution is 5.79. The number of aliphatic imine (C=N–C) groups is 1. The molecule has 0 heterocycles. The Hall–Kier alpha value is -2.84. The molecule has 0 aliphatic heterocycles. The molecule has 0 aromatic heterocycles. The first-order chi connectivity index (χ1) is 15.2. The second kappa shape index (κ2) is 12.3. The van der Waals surface area contributed by atoms with Gasteiger partial charge in [-0.15, -0.1) is 0 Å². The number of nitro benzene ring substituents is 1. The molecule has 2 rings (SSSR count). The minimum atomic E-state index is -0.483. The molecule has 0 radical (unpaired) electrons. The molecule has 3 N–H and O–H groups in total. The summed E-state index contributed by atoms with van der Waals surface area (Å²) in [6.07, 6.45) is 6.24.